The molecule has 6 nitrogen and oxygen atoms in total. The van der Waals surface area contributed by atoms with Gasteiger partial charge in [0.15, 0.2) is 0 Å². The minimum Gasteiger partial charge on any atom is -0.353 e. The number of hydrogen-bond acceptors (Lipinski definition) is 6. The zero-order valence-corrected chi connectivity index (χ0v) is 13.5. The van der Waals surface area contributed by atoms with E-state index in [1.807, 2.05) is 25.5 Å². The minimum absolute atomic E-state index is 0.689. The third-order valence-electron chi connectivity index (χ3n) is 4.57. The molecular formula is C17H20N6. The SMILES string of the molecule is CC1=NCc2ncc(-c3cncc(N4CCN(C)CC4)n3)cc21. The van der Waals surface area contributed by atoms with Gasteiger partial charge in [0.2, 0.25) is 0 Å². The number of likely N-dealkylation sites (N-methyl/N-ethyl adjacent to an activating group) is 1. The van der Waals surface area contributed by atoms with Crippen molar-refractivity contribution in [3.63, 3.8) is 0 Å². The lowest BCUT2D eigenvalue weighted by Gasteiger charge is -2.33. The van der Waals surface area contributed by atoms with Crippen molar-refractivity contribution in [3.8, 4) is 11.3 Å². The fourth-order valence-electron chi connectivity index (χ4n) is 3.03. The fraction of sp³-hybridized carbons (Fsp3) is 0.412. The number of anilines is 1. The second kappa shape index (κ2) is 5.70. The highest BCUT2D eigenvalue weighted by atomic mass is 15.3. The van der Waals surface area contributed by atoms with Crippen LogP contribution in [0.3, 0.4) is 0 Å². The Kier molecular flexibility index (Phi) is 3.53. The predicted molar refractivity (Wildman–Crippen MR) is 90.9 cm³/mol. The van der Waals surface area contributed by atoms with E-state index in [1.54, 1.807) is 0 Å². The molecule has 2 aromatic heterocycles. The monoisotopic (exact) mass is 308 g/mol. The number of pyridine rings is 1. The predicted octanol–water partition coefficient (Wildman–Crippen LogP) is 1.61. The maximum Gasteiger partial charge on any atom is 0.147 e. The molecule has 4 heterocycles. The van der Waals surface area contributed by atoms with Gasteiger partial charge in [0.1, 0.15) is 5.82 Å². The topological polar surface area (TPSA) is 57.5 Å². The van der Waals surface area contributed by atoms with Crippen LogP contribution in [0.15, 0.2) is 29.6 Å². The summed E-state index contributed by atoms with van der Waals surface area (Å²) in [6, 6.07) is 2.13. The van der Waals surface area contributed by atoms with E-state index in [2.05, 4.69) is 37.9 Å². The molecule has 0 radical (unpaired) electrons. The molecule has 4 rings (SSSR count). The van der Waals surface area contributed by atoms with Gasteiger partial charge in [-0.2, -0.15) is 0 Å². The van der Waals surface area contributed by atoms with Crippen LogP contribution in [0.2, 0.25) is 0 Å². The molecule has 0 N–H and O–H groups in total. The normalized spacial score (nSPS) is 18.0. The average Bonchev–Trinajstić information content (AvgIpc) is 2.96. The third kappa shape index (κ3) is 2.70. The first kappa shape index (κ1) is 14.3. The Balaban J connectivity index is 1.64. The molecular weight excluding hydrogens is 288 g/mol. The van der Waals surface area contributed by atoms with Crippen LogP contribution < -0.4 is 4.90 Å². The van der Waals surface area contributed by atoms with Gasteiger partial charge in [0.25, 0.3) is 0 Å². The van der Waals surface area contributed by atoms with E-state index >= 15 is 0 Å². The summed E-state index contributed by atoms with van der Waals surface area (Å²) in [7, 11) is 2.15. The molecule has 2 aliphatic rings. The van der Waals surface area contributed by atoms with E-state index in [0.29, 0.717) is 6.54 Å². The zero-order valence-electron chi connectivity index (χ0n) is 13.5. The molecule has 0 atom stereocenters. The minimum atomic E-state index is 0.689. The van der Waals surface area contributed by atoms with Crippen molar-refractivity contribution in [2.75, 3.05) is 38.1 Å². The lowest BCUT2D eigenvalue weighted by Crippen LogP contribution is -2.44. The van der Waals surface area contributed by atoms with Gasteiger partial charge < -0.3 is 9.80 Å². The smallest absolute Gasteiger partial charge is 0.147 e. The Bertz CT molecular complexity index is 761. The maximum atomic E-state index is 4.81. The highest BCUT2D eigenvalue weighted by Crippen LogP contribution is 2.24. The standard InChI is InChI=1S/C17H20N6/c1-12-14-7-13(8-20-16(14)10-19-12)15-9-18-11-17(21-15)23-5-3-22(2)4-6-23/h7-9,11H,3-6,10H2,1-2H3. The summed E-state index contributed by atoms with van der Waals surface area (Å²) >= 11 is 0. The Morgan fingerprint density at radius 1 is 1.04 bits per heavy atom. The first-order chi connectivity index (χ1) is 11.2. The molecule has 0 unspecified atom stereocenters. The summed E-state index contributed by atoms with van der Waals surface area (Å²) in [4.78, 5) is 22.8. The number of rotatable bonds is 2. The van der Waals surface area contributed by atoms with Crippen LogP contribution in [0, 0.1) is 0 Å². The summed E-state index contributed by atoms with van der Waals surface area (Å²) in [5, 5.41) is 0. The first-order valence-electron chi connectivity index (χ1n) is 7.97. The highest BCUT2D eigenvalue weighted by Gasteiger charge is 2.18. The molecule has 0 bridgehead atoms. The second-order valence-electron chi connectivity index (χ2n) is 6.17. The highest BCUT2D eigenvalue weighted by molar-refractivity contribution is 6.02. The molecule has 0 spiro atoms. The average molecular weight is 308 g/mol. The first-order valence-corrected chi connectivity index (χ1v) is 7.97. The molecule has 2 aromatic rings. The number of aliphatic imine (C=N–C) groups is 1. The van der Waals surface area contributed by atoms with Gasteiger partial charge >= 0.3 is 0 Å². The van der Waals surface area contributed by atoms with E-state index < -0.39 is 0 Å². The third-order valence-corrected chi connectivity index (χ3v) is 4.57. The molecule has 0 aliphatic carbocycles. The van der Waals surface area contributed by atoms with E-state index in [-0.39, 0.29) is 0 Å². The molecule has 1 fully saturated rings. The molecule has 1 saturated heterocycles. The Labute approximate surface area is 135 Å². The van der Waals surface area contributed by atoms with Gasteiger partial charge in [-0.25, -0.2) is 4.98 Å². The molecule has 23 heavy (non-hydrogen) atoms. The van der Waals surface area contributed by atoms with Gasteiger partial charge in [0, 0.05) is 49.2 Å². The summed E-state index contributed by atoms with van der Waals surface area (Å²) in [5.74, 6) is 0.946. The number of fused-ring (bicyclic) bond motifs is 1. The summed E-state index contributed by atoms with van der Waals surface area (Å²) in [6.07, 6.45) is 5.54. The Hall–Kier alpha value is -2.34. The Morgan fingerprint density at radius 3 is 2.70 bits per heavy atom. The largest absolute Gasteiger partial charge is 0.353 e. The van der Waals surface area contributed by atoms with Gasteiger partial charge in [-0.15, -0.1) is 0 Å². The van der Waals surface area contributed by atoms with Gasteiger partial charge in [-0.1, -0.05) is 0 Å². The number of aromatic nitrogens is 3. The van der Waals surface area contributed by atoms with Crippen molar-refractivity contribution in [1.29, 1.82) is 0 Å². The molecule has 0 saturated carbocycles. The summed E-state index contributed by atoms with van der Waals surface area (Å²) in [6.45, 7) is 6.81. The van der Waals surface area contributed by atoms with E-state index in [1.165, 1.54) is 0 Å². The van der Waals surface area contributed by atoms with Crippen molar-refractivity contribution in [3.05, 3.63) is 35.9 Å². The zero-order chi connectivity index (χ0) is 15.8. The van der Waals surface area contributed by atoms with Crippen molar-refractivity contribution in [2.45, 2.75) is 13.5 Å². The maximum absolute atomic E-state index is 4.81. The lowest BCUT2D eigenvalue weighted by molar-refractivity contribution is 0.312. The quantitative estimate of drug-likeness (QED) is 0.843. The van der Waals surface area contributed by atoms with Crippen LogP contribution >= 0.6 is 0 Å². The molecule has 2 aliphatic heterocycles. The van der Waals surface area contributed by atoms with E-state index in [9.17, 15) is 0 Å². The van der Waals surface area contributed by atoms with E-state index in [0.717, 1.165) is 60.2 Å². The van der Waals surface area contributed by atoms with Gasteiger partial charge in [-0.3, -0.25) is 15.0 Å². The summed E-state index contributed by atoms with van der Waals surface area (Å²) in [5.41, 5.74) is 5.11. The second-order valence-corrected chi connectivity index (χ2v) is 6.17. The molecule has 0 aromatic carbocycles. The van der Waals surface area contributed by atoms with Gasteiger partial charge in [0.05, 0.1) is 30.3 Å². The van der Waals surface area contributed by atoms with Crippen molar-refractivity contribution < 1.29 is 0 Å². The lowest BCUT2D eigenvalue weighted by atomic mass is 10.1. The van der Waals surface area contributed by atoms with E-state index in [4.69, 9.17) is 4.98 Å². The molecule has 118 valence electrons. The van der Waals surface area contributed by atoms with Gasteiger partial charge in [-0.05, 0) is 20.0 Å². The van der Waals surface area contributed by atoms with Crippen LogP contribution in [-0.4, -0.2) is 58.8 Å². The van der Waals surface area contributed by atoms with Crippen LogP contribution in [-0.2, 0) is 6.54 Å². The van der Waals surface area contributed by atoms with Crippen molar-refractivity contribution in [1.82, 2.24) is 19.9 Å². The number of piperazine rings is 1. The molecule has 0 amide bonds. The van der Waals surface area contributed by atoms with Crippen LogP contribution in [0.25, 0.3) is 11.3 Å². The van der Waals surface area contributed by atoms with Crippen LogP contribution in [0.4, 0.5) is 5.82 Å². The number of nitrogens with zero attached hydrogens (tertiary/aromatic N) is 6. The summed E-state index contributed by atoms with van der Waals surface area (Å²) < 4.78 is 0. The fourth-order valence-corrected chi connectivity index (χ4v) is 3.03. The van der Waals surface area contributed by atoms with Crippen LogP contribution in [0.1, 0.15) is 18.2 Å². The Morgan fingerprint density at radius 2 is 1.87 bits per heavy atom. The molecule has 6 heteroatoms. The van der Waals surface area contributed by atoms with Crippen LogP contribution in [0.5, 0.6) is 0 Å². The van der Waals surface area contributed by atoms with Crippen molar-refractivity contribution in [2.24, 2.45) is 4.99 Å². The van der Waals surface area contributed by atoms with Crippen molar-refractivity contribution >= 4 is 11.5 Å². The number of hydrogen-bond donors (Lipinski definition) is 0.